The Hall–Kier alpha value is -3.02. The monoisotopic (exact) mass is 383 g/mol. The summed E-state index contributed by atoms with van der Waals surface area (Å²) in [7, 11) is 2.80. The third-order valence-electron chi connectivity index (χ3n) is 4.88. The highest BCUT2D eigenvalue weighted by atomic mass is 16.5. The predicted molar refractivity (Wildman–Crippen MR) is 106 cm³/mol. The number of benzene rings is 2. The molecule has 0 bridgehead atoms. The quantitative estimate of drug-likeness (QED) is 0.769. The van der Waals surface area contributed by atoms with Gasteiger partial charge in [-0.25, -0.2) is 4.79 Å². The van der Waals surface area contributed by atoms with Crippen LogP contribution in [-0.4, -0.2) is 32.2 Å². The molecule has 1 amide bonds. The lowest BCUT2D eigenvalue weighted by atomic mass is 9.92. The molecular weight excluding hydrogens is 358 g/mol. The fourth-order valence-corrected chi connectivity index (χ4v) is 3.33. The van der Waals surface area contributed by atoms with Gasteiger partial charge in [0.2, 0.25) is 0 Å². The largest absolute Gasteiger partial charge is 0.495 e. The van der Waals surface area contributed by atoms with Gasteiger partial charge in [0.15, 0.2) is 6.10 Å². The third-order valence-corrected chi connectivity index (χ3v) is 4.88. The van der Waals surface area contributed by atoms with Crippen molar-refractivity contribution >= 4 is 17.6 Å². The summed E-state index contributed by atoms with van der Waals surface area (Å²) in [6.07, 6.45) is 3.83. The minimum atomic E-state index is -0.715. The van der Waals surface area contributed by atoms with Crippen molar-refractivity contribution in [2.75, 3.05) is 19.5 Å². The number of nitrogens with one attached hydrogen (secondary N) is 1. The van der Waals surface area contributed by atoms with Crippen LogP contribution in [0.25, 0.3) is 0 Å². The number of hydrogen-bond donors (Lipinski definition) is 1. The zero-order valence-electron chi connectivity index (χ0n) is 16.4. The molecule has 0 heterocycles. The molecule has 0 spiro atoms. The maximum atomic E-state index is 12.6. The molecule has 3 rings (SSSR count). The second-order valence-electron chi connectivity index (χ2n) is 6.79. The second-order valence-corrected chi connectivity index (χ2v) is 6.79. The van der Waals surface area contributed by atoms with Crippen LogP contribution in [0.5, 0.6) is 11.5 Å². The zero-order valence-corrected chi connectivity index (χ0v) is 16.4. The van der Waals surface area contributed by atoms with Gasteiger partial charge in [-0.15, -0.1) is 0 Å². The first-order valence-corrected chi connectivity index (χ1v) is 9.37. The number of methoxy groups -OCH3 is 2. The van der Waals surface area contributed by atoms with Crippen molar-refractivity contribution in [3.8, 4) is 11.5 Å². The van der Waals surface area contributed by atoms with E-state index in [0.29, 0.717) is 22.7 Å². The van der Waals surface area contributed by atoms with E-state index >= 15 is 0 Å². The molecule has 1 N–H and O–H groups in total. The molecule has 28 heavy (non-hydrogen) atoms. The molecule has 0 saturated carbocycles. The molecule has 0 radical (unpaired) electrons. The lowest BCUT2D eigenvalue weighted by Crippen LogP contribution is -2.30. The van der Waals surface area contributed by atoms with Crippen molar-refractivity contribution in [1.82, 2.24) is 0 Å². The van der Waals surface area contributed by atoms with Crippen molar-refractivity contribution in [3.05, 3.63) is 53.1 Å². The number of fused-ring (bicyclic) bond motifs is 1. The average molecular weight is 383 g/mol. The van der Waals surface area contributed by atoms with Gasteiger partial charge in [-0.1, -0.05) is 6.07 Å². The fourth-order valence-electron chi connectivity index (χ4n) is 3.33. The van der Waals surface area contributed by atoms with Gasteiger partial charge in [0, 0.05) is 0 Å². The molecule has 6 heteroatoms. The highest BCUT2D eigenvalue weighted by Gasteiger charge is 2.19. The number of aryl methyl sites for hydroxylation is 2. The van der Waals surface area contributed by atoms with E-state index in [1.807, 2.05) is 12.1 Å². The molecule has 1 aliphatic carbocycles. The molecule has 2 aromatic rings. The van der Waals surface area contributed by atoms with E-state index in [2.05, 4.69) is 11.4 Å². The van der Waals surface area contributed by atoms with E-state index in [1.165, 1.54) is 44.3 Å². The van der Waals surface area contributed by atoms with Crippen molar-refractivity contribution < 1.29 is 23.8 Å². The SMILES string of the molecule is COC(=O)c1ccc(OC)c(NC(=O)C(C)Oc2ccc3c(c2)CCCC3)c1. The van der Waals surface area contributed by atoms with Crippen molar-refractivity contribution in [3.63, 3.8) is 0 Å². The van der Waals surface area contributed by atoms with Crippen LogP contribution in [0.3, 0.4) is 0 Å². The van der Waals surface area contributed by atoms with Crippen LogP contribution in [0.15, 0.2) is 36.4 Å². The Morgan fingerprint density at radius 1 is 1.00 bits per heavy atom. The minimum absolute atomic E-state index is 0.321. The summed E-state index contributed by atoms with van der Waals surface area (Å²) in [5.74, 6) is 0.301. The minimum Gasteiger partial charge on any atom is -0.495 e. The lowest BCUT2D eigenvalue weighted by molar-refractivity contribution is -0.122. The molecule has 148 valence electrons. The molecule has 1 unspecified atom stereocenters. The third kappa shape index (κ3) is 4.44. The molecule has 0 fully saturated rings. The normalized spacial score (nSPS) is 13.8. The van der Waals surface area contributed by atoms with Gasteiger partial charge in [-0.05, 0) is 74.1 Å². The Morgan fingerprint density at radius 2 is 1.75 bits per heavy atom. The molecular formula is C22H25NO5. The first-order chi connectivity index (χ1) is 13.5. The summed E-state index contributed by atoms with van der Waals surface area (Å²) < 4.78 is 15.8. The van der Waals surface area contributed by atoms with Gasteiger partial charge in [-0.2, -0.15) is 0 Å². The maximum Gasteiger partial charge on any atom is 0.337 e. The standard InChI is InChI=1S/C22H25NO5/c1-14(28-18-10-8-15-6-4-5-7-16(15)12-18)21(24)23-19-13-17(22(25)27-3)9-11-20(19)26-2/h8-14H,4-7H2,1-3H3,(H,23,24). The smallest absolute Gasteiger partial charge is 0.337 e. The van der Waals surface area contributed by atoms with Crippen LogP contribution >= 0.6 is 0 Å². The van der Waals surface area contributed by atoms with Crippen molar-refractivity contribution in [2.45, 2.75) is 38.7 Å². The van der Waals surface area contributed by atoms with Crippen LogP contribution in [0.1, 0.15) is 41.3 Å². The number of esters is 1. The van der Waals surface area contributed by atoms with Gasteiger partial charge in [0.25, 0.3) is 5.91 Å². The van der Waals surface area contributed by atoms with E-state index < -0.39 is 12.1 Å². The highest BCUT2D eigenvalue weighted by Crippen LogP contribution is 2.28. The Kier molecular flexibility index (Phi) is 6.19. The number of amides is 1. The summed E-state index contributed by atoms with van der Waals surface area (Å²) >= 11 is 0. The van der Waals surface area contributed by atoms with Gasteiger partial charge < -0.3 is 19.5 Å². The maximum absolute atomic E-state index is 12.6. The molecule has 0 aliphatic heterocycles. The number of rotatable bonds is 6. The summed E-state index contributed by atoms with van der Waals surface area (Å²) in [5, 5.41) is 2.77. The van der Waals surface area contributed by atoms with Crippen LogP contribution in [0, 0.1) is 0 Å². The summed E-state index contributed by atoms with van der Waals surface area (Å²) in [5.41, 5.74) is 3.36. The Balaban J connectivity index is 1.71. The highest BCUT2D eigenvalue weighted by molar-refractivity contribution is 5.98. The molecule has 0 aromatic heterocycles. The summed E-state index contributed by atoms with van der Waals surface area (Å²) in [6, 6.07) is 10.7. The number of ether oxygens (including phenoxy) is 3. The summed E-state index contributed by atoms with van der Waals surface area (Å²) in [6.45, 7) is 1.69. The van der Waals surface area contributed by atoms with Gasteiger partial charge in [0.1, 0.15) is 11.5 Å². The number of anilines is 1. The van der Waals surface area contributed by atoms with Crippen LogP contribution < -0.4 is 14.8 Å². The molecule has 1 aliphatic rings. The van der Waals surface area contributed by atoms with Crippen molar-refractivity contribution in [2.24, 2.45) is 0 Å². The van der Waals surface area contributed by atoms with E-state index in [9.17, 15) is 9.59 Å². The Morgan fingerprint density at radius 3 is 2.46 bits per heavy atom. The van der Waals surface area contributed by atoms with Crippen LogP contribution in [0.2, 0.25) is 0 Å². The van der Waals surface area contributed by atoms with E-state index in [4.69, 9.17) is 14.2 Å². The van der Waals surface area contributed by atoms with Gasteiger partial charge in [0.05, 0.1) is 25.5 Å². The topological polar surface area (TPSA) is 73.9 Å². The molecule has 0 saturated heterocycles. The Labute approximate surface area is 164 Å². The number of carbonyl (C=O) groups excluding carboxylic acids is 2. The van der Waals surface area contributed by atoms with E-state index in [1.54, 1.807) is 19.1 Å². The van der Waals surface area contributed by atoms with Crippen LogP contribution in [0.4, 0.5) is 5.69 Å². The fraction of sp³-hybridized carbons (Fsp3) is 0.364. The summed E-state index contributed by atoms with van der Waals surface area (Å²) in [4.78, 5) is 24.4. The Bertz CT molecular complexity index is 877. The first kappa shape index (κ1) is 19.7. The lowest BCUT2D eigenvalue weighted by Gasteiger charge is -2.19. The first-order valence-electron chi connectivity index (χ1n) is 9.37. The number of carbonyl (C=O) groups is 2. The zero-order chi connectivity index (χ0) is 20.1. The van der Waals surface area contributed by atoms with E-state index in [-0.39, 0.29) is 5.91 Å². The number of hydrogen-bond acceptors (Lipinski definition) is 5. The van der Waals surface area contributed by atoms with Gasteiger partial charge in [-0.3, -0.25) is 4.79 Å². The second kappa shape index (κ2) is 8.78. The van der Waals surface area contributed by atoms with Gasteiger partial charge >= 0.3 is 5.97 Å². The average Bonchev–Trinajstić information content (AvgIpc) is 2.72. The molecule has 6 nitrogen and oxygen atoms in total. The predicted octanol–water partition coefficient (Wildman–Crippen LogP) is 3.77. The van der Waals surface area contributed by atoms with Crippen LogP contribution in [-0.2, 0) is 22.4 Å². The van der Waals surface area contributed by atoms with Crippen molar-refractivity contribution in [1.29, 1.82) is 0 Å². The molecule has 1 atom stereocenters. The van der Waals surface area contributed by atoms with E-state index in [0.717, 1.165) is 12.8 Å². The molecule has 2 aromatic carbocycles.